The molecule has 1 N–H and O–H groups in total. The Morgan fingerprint density at radius 3 is 2.44 bits per heavy atom. The van der Waals surface area contributed by atoms with Gasteiger partial charge in [-0.05, 0) is 61.7 Å². The number of aryl methyl sites for hydroxylation is 2. The Hall–Kier alpha value is -2.14. The summed E-state index contributed by atoms with van der Waals surface area (Å²) in [5.74, 6) is 2.17. The van der Waals surface area contributed by atoms with E-state index in [9.17, 15) is 4.79 Å². The van der Waals surface area contributed by atoms with Gasteiger partial charge in [-0.25, -0.2) is 0 Å². The summed E-state index contributed by atoms with van der Waals surface area (Å²) in [6.07, 6.45) is 0. The summed E-state index contributed by atoms with van der Waals surface area (Å²) in [4.78, 5) is 12.4. The molecule has 2 aromatic rings. The van der Waals surface area contributed by atoms with Crippen LogP contribution in [0.25, 0.3) is 0 Å². The number of hydrogen-bond acceptors (Lipinski definition) is 4. The molecule has 4 nitrogen and oxygen atoms in total. The first-order chi connectivity index (χ1) is 11.9. The van der Waals surface area contributed by atoms with Gasteiger partial charge >= 0.3 is 0 Å². The fourth-order valence-electron chi connectivity index (χ4n) is 2.44. The molecule has 5 heteroatoms. The topological polar surface area (TPSA) is 47.6 Å². The predicted octanol–water partition coefficient (Wildman–Crippen LogP) is 4.58. The number of thioether (sulfide) groups is 1. The van der Waals surface area contributed by atoms with Gasteiger partial charge in [-0.3, -0.25) is 4.79 Å². The van der Waals surface area contributed by atoms with E-state index in [-0.39, 0.29) is 11.2 Å². The van der Waals surface area contributed by atoms with Gasteiger partial charge in [0.25, 0.3) is 0 Å². The smallest absolute Gasteiger partial charge is 0.237 e. The molecule has 134 valence electrons. The Balaban J connectivity index is 1.99. The molecular formula is C20H25NO3S. The zero-order valence-electron chi connectivity index (χ0n) is 15.4. The highest BCUT2D eigenvalue weighted by atomic mass is 32.2. The largest absolute Gasteiger partial charge is 0.493 e. The highest BCUT2D eigenvalue weighted by Crippen LogP contribution is 2.32. The minimum Gasteiger partial charge on any atom is -0.493 e. The van der Waals surface area contributed by atoms with Gasteiger partial charge in [-0.1, -0.05) is 12.1 Å². The Bertz CT molecular complexity index is 746. The van der Waals surface area contributed by atoms with E-state index >= 15 is 0 Å². The molecule has 0 saturated carbocycles. The fourth-order valence-corrected chi connectivity index (χ4v) is 3.39. The van der Waals surface area contributed by atoms with Crippen LogP contribution in [-0.2, 0) is 10.5 Å². The van der Waals surface area contributed by atoms with Crippen LogP contribution in [0.2, 0.25) is 0 Å². The molecule has 0 aromatic heterocycles. The molecule has 2 rings (SSSR count). The summed E-state index contributed by atoms with van der Waals surface area (Å²) < 4.78 is 10.7. The summed E-state index contributed by atoms with van der Waals surface area (Å²) in [5.41, 5.74) is 4.22. The lowest BCUT2D eigenvalue weighted by atomic mass is 10.1. The van der Waals surface area contributed by atoms with Crippen molar-refractivity contribution in [3.8, 4) is 11.5 Å². The first-order valence-corrected chi connectivity index (χ1v) is 9.20. The van der Waals surface area contributed by atoms with Crippen molar-refractivity contribution in [1.82, 2.24) is 0 Å². The number of hydrogen-bond donors (Lipinski definition) is 1. The summed E-state index contributed by atoms with van der Waals surface area (Å²) in [6, 6.07) is 11.8. The van der Waals surface area contributed by atoms with Crippen molar-refractivity contribution < 1.29 is 14.3 Å². The molecule has 0 aliphatic rings. The molecule has 0 aliphatic carbocycles. The third-order valence-corrected chi connectivity index (χ3v) is 5.18. The normalized spacial score (nSPS) is 11.7. The van der Waals surface area contributed by atoms with E-state index in [0.717, 1.165) is 33.9 Å². The van der Waals surface area contributed by atoms with Crippen LogP contribution in [0.1, 0.15) is 23.6 Å². The Morgan fingerprint density at radius 2 is 1.80 bits per heavy atom. The van der Waals surface area contributed by atoms with Crippen molar-refractivity contribution in [2.75, 3.05) is 19.5 Å². The zero-order chi connectivity index (χ0) is 18.4. The molecule has 0 spiro atoms. The molecule has 1 amide bonds. The number of anilines is 1. The lowest BCUT2D eigenvalue weighted by Gasteiger charge is -2.15. The molecule has 2 aromatic carbocycles. The molecule has 0 fully saturated rings. The SMILES string of the molecule is COc1cc(C)c(CSC(C)C(=O)Nc2cccc(C)c2)cc1OC. The van der Waals surface area contributed by atoms with Gasteiger partial charge in [-0.2, -0.15) is 0 Å². The van der Waals surface area contributed by atoms with E-state index in [0.29, 0.717) is 5.75 Å². The molecule has 0 bridgehead atoms. The molecule has 0 aliphatic heterocycles. The monoisotopic (exact) mass is 359 g/mol. The van der Waals surface area contributed by atoms with Crippen molar-refractivity contribution in [1.29, 1.82) is 0 Å². The first kappa shape index (κ1) is 19.2. The molecule has 1 atom stereocenters. The lowest BCUT2D eigenvalue weighted by molar-refractivity contribution is -0.115. The van der Waals surface area contributed by atoms with E-state index in [1.54, 1.807) is 26.0 Å². The Labute approximate surface area is 153 Å². The van der Waals surface area contributed by atoms with Crippen LogP contribution in [-0.4, -0.2) is 25.4 Å². The van der Waals surface area contributed by atoms with Crippen LogP contribution >= 0.6 is 11.8 Å². The van der Waals surface area contributed by atoms with Crippen LogP contribution in [0.15, 0.2) is 36.4 Å². The number of carbonyl (C=O) groups is 1. The molecule has 0 heterocycles. The van der Waals surface area contributed by atoms with Gasteiger partial charge in [0.1, 0.15) is 0 Å². The van der Waals surface area contributed by atoms with Crippen molar-refractivity contribution >= 4 is 23.4 Å². The zero-order valence-corrected chi connectivity index (χ0v) is 16.2. The maximum atomic E-state index is 12.4. The van der Waals surface area contributed by atoms with Crippen molar-refractivity contribution in [3.63, 3.8) is 0 Å². The summed E-state index contributed by atoms with van der Waals surface area (Å²) in [6.45, 7) is 5.97. The summed E-state index contributed by atoms with van der Waals surface area (Å²) in [7, 11) is 3.26. The number of rotatable bonds is 7. The Morgan fingerprint density at radius 1 is 1.12 bits per heavy atom. The van der Waals surface area contributed by atoms with E-state index in [1.807, 2.05) is 57.2 Å². The highest BCUT2D eigenvalue weighted by molar-refractivity contribution is 7.99. The minimum atomic E-state index is -0.159. The van der Waals surface area contributed by atoms with Crippen LogP contribution in [0.4, 0.5) is 5.69 Å². The van der Waals surface area contributed by atoms with Gasteiger partial charge in [0.05, 0.1) is 19.5 Å². The fraction of sp³-hybridized carbons (Fsp3) is 0.350. The Kier molecular flexibility index (Phi) is 6.76. The second-order valence-corrected chi connectivity index (χ2v) is 7.27. The number of amides is 1. The van der Waals surface area contributed by atoms with Crippen molar-refractivity contribution in [2.45, 2.75) is 31.8 Å². The van der Waals surface area contributed by atoms with E-state index in [1.165, 1.54) is 0 Å². The summed E-state index contributed by atoms with van der Waals surface area (Å²) in [5, 5.41) is 2.81. The van der Waals surface area contributed by atoms with Crippen LogP contribution < -0.4 is 14.8 Å². The average molecular weight is 359 g/mol. The second-order valence-electron chi connectivity index (χ2n) is 5.95. The van der Waals surface area contributed by atoms with Crippen molar-refractivity contribution in [3.05, 3.63) is 53.1 Å². The molecular weight excluding hydrogens is 334 g/mol. The maximum absolute atomic E-state index is 12.4. The second kappa shape index (κ2) is 8.81. The number of nitrogens with one attached hydrogen (secondary N) is 1. The molecule has 0 saturated heterocycles. The van der Waals surface area contributed by atoms with Crippen LogP contribution in [0.5, 0.6) is 11.5 Å². The highest BCUT2D eigenvalue weighted by Gasteiger charge is 2.15. The lowest BCUT2D eigenvalue weighted by Crippen LogP contribution is -2.22. The third-order valence-electron chi connectivity index (χ3n) is 3.99. The minimum absolute atomic E-state index is 0.00808. The molecule has 25 heavy (non-hydrogen) atoms. The number of ether oxygens (including phenoxy) is 2. The summed E-state index contributed by atoms with van der Waals surface area (Å²) >= 11 is 1.60. The maximum Gasteiger partial charge on any atom is 0.237 e. The average Bonchev–Trinajstić information content (AvgIpc) is 2.60. The van der Waals surface area contributed by atoms with Gasteiger partial charge in [0.15, 0.2) is 11.5 Å². The quantitative estimate of drug-likeness (QED) is 0.786. The van der Waals surface area contributed by atoms with Gasteiger partial charge in [0, 0.05) is 11.4 Å². The molecule has 0 radical (unpaired) electrons. The van der Waals surface area contributed by atoms with E-state index in [2.05, 4.69) is 5.32 Å². The van der Waals surface area contributed by atoms with Crippen LogP contribution in [0.3, 0.4) is 0 Å². The predicted molar refractivity (Wildman–Crippen MR) is 105 cm³/mol. The van der Waals surface area contributed by atoms with Crippen LogP contribution in [0, 0.1) is 13.8 Å². The number of benzene rings is 2. The van der Waals surface area contributed by atoms with E-state index < -0.39 is 0 Å². The van der Waals surface area contributed by atoms with E-state index in [4.69, 9.17) is 9.47 Å². The van der Waals surface area contributed by atoms with Gasteiger partial charge < -0.3 is 14.8 Å². The third kappa shape index (κ3) is 5.16. The van der Waals surface area contributed by atoms with Gasteiger partial charge in [-0.15, -0.1) is 11.8 Å². The first-order valence-electron chi connectivity index (χ1n) is 8.15. The number of methoxy groups -OCH3 is 2. The van der Waals surface area contributed by atoms with Crippen molar-refractivity contribution in [2.24, 2.45) is 0 Å². The molecule has 1 unspecified atom stereocenters. The number of carbonyl (C=O) groups excluding carboxylic acids is 1. The van der Waals surface area contributed by atoms with Gasteiger partial charge in [0.2, 0.25) is 5.91 Å². The standard InChI is InChI=1S/C20H25NO3S/c1-13-7-6-8-17(9-13)21-20(22)15(3)25-12-16-11-19(24-5)18(23-4)10-14(16)2/h6-11,15H,12H2,1-5H3,(H,21,22).